The molecule has 29 heavy (non-hydrogen) atoms. The molecule has 0 unspecified atom stereocenters. The summed E-state index contributed by atoms with van der Waals surface area (Å²) in [5.41, 5.74) is 0. The summed E-state index contributed by atoms with van der Waals surface area (Å²) in [4.78, 5) is 32.8. The standard InChI is InChI=1S/C22H39NO6/c1-2-3-4-5-6-7-8-9-16-23(17-10-13-20(24)25,18-11-14-21(26)27)19-12-15-22(28)29/h6-7H,2-5,8-19H2,1H3,(H2-,24,25,26,27,28,29)/p+1/b7-6+. The zero-order valence-electron chi connectivity index (χ0n) is 18.0. The van der Waals surface area contributed by atoms with Crippen LogP contribution in [0.15, 0.2) is 12.2 Å². The van der Waals surface area contributed by atoms with Gasteiger partial charge in [0.25, 0.3) is 0 Å². The van der Waals surface area contributed by atoms with Crippen LogP contribution >= 0.6 is 0 Å². The highest BCUT2D eigenvalue weighted by Gasteiger charge is 2.27. The first-order valence-corrected chi connectivity index (χ1v) is 11.0. The van der Waals surface area contributed by atoms with Crippen molar-refractivity contribution in [3.63, 3.8) is 0 Å². The molecule has 0 atom stereocenters. The first-order valence-electron chi connectivity index (χ1n) is 11.0. The smallest absolute Gasteiger partial charge is 0.303 e. The lowest BCUT2D eigenvalue weighted by Gasteiger charge is -2.39. The minimum Gasteiger partial charge on any atom is -0.481 e. The van der Waals surface area contributed by atoms with Crippen molar-refractivity contribution in [1.82, 2.24) is 0 Å². The Balaban J connectivity index is 4.85. The fraction of sp³-hybridized carbons (Fsp3) is 0.773. The third-order valence-electron chi connectivity index (χ3n) is 5.21. The largest absolute Gasteiger partial charge is 0.481 e. The highest BCUT2D eigenvalue weighted by molar-refractivity contribution is 5.67. The monoisotopic (exact) mass is 414 g/mol. The van der Waals surface area contributed by atoms with E-state index >= 15 is 0 Å². The minimum absolute atomic E-state index is 0.0786. The molecule has 0 amide bonds. The van der Waals surface area contributed by atoms with Crippen molar-refractivity contribution >= 4 is 17.9 Å². The maximum Gasteiger partial charge on any atom is 0.303 e. The molecule has 0 radical (unpaired) electrons. The van der Waals surface area contributed by atoms with Crippen LogP contribution in [0.3, 0.4) is 0 Å². The van der Waals surface area contributed by atoms with Gasteiger partial charge in [-0.05, 0) is 19.3 Å². The number of carboxylic acid groups (broad SMARTS) is 3. The fourth-order valence-electron chi connectivity index (χ4n) is 3.66. The van der Waals surface area contributed by atoms with E-state index in [-0.39, 0.29) is 19.3 Å². The Hall–Kier alpha value is -1.89. The molecule has 0 saturated heterocycles. The summed E-state index contributed by atoms with van der Waals surface area (Å²) < 4.78 is 0.609. The van der Waals surface area contributed by atoms with Crippen LogP contribution in [0.1, 0.15) is 84.0 Å². The Labute approximate surface area is 175 Å². The molecule has 7 nitrogen and oxygen atoms in total. The summed E-state index contributed by atoms with van der Waals surface area (Å²) in [6, 6.07) is 0. The molecule has 0 bridgehead atoms. The van der Waals surface area contributed by atoms with Crippen LogP contribution in [0.25, 0.3) is 0 Å². The van der Waals surface area contributed by atoms with Gasteiger partial charge in [0.2, 0.25) is 0 Å². The molecule has 0 fully saturated rings. The van der Waals surface area contributed by atoms with E-state index < -0.39 is 17.9 Å². The number of rotatable bonds is 20. The molecule has 0 aliphatic heterocycles. The van der Waals surface area contributed by atoms with Gasteiger partial charge in [-0.15, -0.1) is 0 Å². The van der Waals surface area contributed by atoms with Crippen molar-refractivity contribution in [2.24, 2.45) is 0 Å². The second kappa shape index (κ2) is 17.0. The van der Waals surface area contributed by atoms with Gasteiger partial charge in [0.05, 0.1) is 45.4 Å². The summed E-state index contributed by atoms with van der Waals surface area (Å²) in [5.74, 6) is -2.52. The molecule has 7 heteroatoms. The van der Waals surface area contributed by atoms with Crippen LogP contribution in [0.2, 0.25) is 0 Å². The first kappa shape index (κ1) is 27.1. The minimum atomic E-state index is -0.839. The molecule has 0 spiro atoms. The summed E-state index contributed by atoms with van der Waals surface area (Å²) in [7, 11) is 0. The van der Waals surface area contributed by atoms with Crippen LogP contribution in [-0.2, 0) is 14.4 Å². The van der Waals surface area contributed by atoms with E-state index in [1.165, 1.54) is 19.3 Å². The molecule has 0 aliphatic rings. The lowest BCUT2D eigenvalue weighted by molar-refractivity contribution is -0.928. The predicted molar refractivity (Wildman–Crippen MR) is 113 cm³/mol. The molecular weight excluding hydrogens is 374 g/mol. The SMILES string of the molecule is CCCCC/C=C/CCC[N+](CCCC(=O)O)(CCCC(=O)O)CCCC(=O)O. The van der Waals surface area contributed by atoms with Crippen LogP contribution < -0.4 is 0 Å². The maximum atomic E-state index is 10.9. The molecule has 168 valence electrons. The Bertz CT molecular complexity index is 453. The highest BCUT2D eigenvalue weighted by atomic mass is 16.4. The van der Waals surface area contributed by atoms with Gasteiger partial charge in [-0.2, -0.15) is 0 Å². The second-order valence-electron chi connectivity index (χ2n) is 7.84. The van der Waals surface area contributed by atoms with Crippen molar-refractivity contribution in [3.05, 3.63) is 12.2 Å². The fourth-order valence-corrected chi connectivity index (χ4v) is 3.66. The van der Waals surface area contributed by atoms with Gasteiger partial charge in [-0.25, -0.2) is 0 Å². The summed E-state index contributed by atoms with van der Waals surface area (Å²) in [5, 5.41) is 26.9. The molecule has 0 aromatic rings. The van der Waals surface area contributed by atoms with Crippen molar-refractivity contribution in [3.8, 4) is 0 Å². The Morgan fingerprint density at radius 1 is 0.621 bits per heavy atom. The average Bonchev–Trinajstić information content (AvgIpc) is 2.63. The van der Waals surface area contributed by atoms with E-state index in [0.717, 1.165) is 25.8 Å². The zero-order valence-corrected chi connectivity index (χ0v) is 18.0. The van der Waals surface area contributed by atoms with Crippen LogP contribution in [0.5, 0.6) is 0 Å². The predicted octanol–water partition coefficient (Wildman–Crippen LogP) is 4.31. The third kappa shape index (κ3) is 16.7. The van der Waals surface area contributed by atoms with Gasteiger partial charge in [-0.3, -0.25) is 14.4 Å². The molecule has 0 rings (SSSR count). The number of unbranched alkanes of at least 4 members (excludes halogenated alkanes) is 4. The van der Waals surface area contributed by atoms with Crippen molar-refractivity contribution in [2.45, 2.75) is 84.0 Å². The van der Waals surface area contributed by atoms with E-state index in [9.17, 15) is 14.4 Å². The highest BCUT2D eigenvalue weighted by Crippen LogP contribution is 2.17. The topological polar surface area (TPSA) is 112 Å². The number of carbonyl (C=O) groups is 3. The molecule has 0 aliphatic carbocycles. The van der Waals surface area contributed by atoms with E-state index in [4.69, 9.17) is 15.3 Å². The first-order chi connectivity index (χ1) is 13.8. The average molecular weight is 415 g/mol. The van der Waals surface area contributed by atoms with E-state index in [0.29, 0.717) is 43.4 Å². The Morgan fingerprint density at radius 2 is 1.00 bits per heavy atom. The Kier molecular flexibility index (Phi) is 15.9. The third-order valence-corrected chi connectivity index (χ3v) is 5.21. The quantitative estimate of drug-likeness (QED) is 0.155. The van der Waals surface area contributed by atoms with Crippen molar-refractivity contribution in [2.75, 3.05) is 26.2 Å². The van der Waals surface area contributed by atoms with Crippen molar-refractivity contribution < 1.29 is 34.2 Å². The molecular formula is C22H40NO6+. The lowest BCUT2D eigenvalue weighted by atomic mass is 10.1. The summed E-state index contributed by atoms with van der Waals surface area (Å²) in [6.45, 7) is 4.93. The van der Waals surface area contributed by atoms with Crippen LogP contribution in [0, 0.1) is 0 Å². The van der Waals surface area contributed by atoms with Crippen LogP contribution in [0.4, 0.5) is 0 Å². The zero-order chi connectivity index (χ0) is 22.0. The van der Waals surface area contributed by atoms with E-state index in [2.05, 4.69) is 19.1 Å². The van der Waals surface area contributed by atoms with Gasteiger partial charge in [-0.1, -0.05) is 31.9 Å². The van der Waals surface area contributed by atoms with E-state index in [1.54, 1.807) is 0 Å². The molecule has 0 aromatic carbocycles. The lowest BCUT2D eigenvalue weighted by Crippen LogP contribution is -2.51. The van der Waals surface area contributed by atoms with E-state index in [1.807, 2.05) is 0 Å². The number of allylic oxidation sites excluding steroid dienone is 2. The molecule has 3 N–H and O–H groups in total. The number of quaternary nitrogens is 1. The molecule has 0 saturated carbocycles. The number of hydrogen-bond acceptors (Lipinski definition) is 3. The maximum absolute atomic E-state index is 10.9. The molecule has 0 heterocycles. The van der Waals surface area contributed by atoms with Gasteiger partial charge >= 0.3 is 17.9 Å². The number of carboxylic acids is 3. The second-order valence-corrected chi connectivity index (χ2v) is 7.84. The number of aliphatic carboxylic acids is 3. The Morgan fingerprint density at radius 3 is 1.38 bits per heavy atom. The van der Waals surface area contributed by atoms with Gasteiger partial charge in [0.15, 0.2) is 0 Å². The summed E-state index contributed by atoms with van der Waals surface area (Å²) in [6.07, 6.45) is 12.8. The van der Waals surface area contributed by atoms with Gasteiger partial charge < -0.3 is 19.8 Å². The number of nitrogens with zero attached hydrogens (tertiary/aromatic N) is 1. The van der Waals surface area contributed by atoms with Crippen molar-refractivity contribution in [1.29, 1.82) is 0 Å². The van der Waals surface area contributed by atoms with Gasteiger partial charge in [0.1, 0.15) is 0 Å². The molecule has 0 aromatic heterocycles. The number of hydrogen-bond donors (Lipinski definition) is 3. The normalized spacial score (nSPS) is 11.8. The van der Waals surface area contributed by atoms with Gasteiger partial charge in [0, 0.05) is 25.7 Å². The summed E-state index contributed by atoms with van der Waals surface area (Å²) >= 11 is 0. The van der Waals surface area contributed by atoms with Crippen LogP contribution in [-0.4, -0.2) is 63.9 Å².